The van der Waals surface area contributed by atoms with Gasteiger partial charge < -0.3 is 63.4 Å². The third kappa shape index (κ3) is 9.82. The van der Waals surface area contributed by atoms with Crippen molar-refractivity contribution in [1.82, 2.24) is 0 Å². The first-order valence-corrected chi connectivity index (χ1v) is 26.8. The number of para-hydroxylation sites is 2. The standard InChI is InChI=1S/C53H70Cl2N2O16/c1-25-15-18-53(67-23-25)26(2)39-36(73-53)20-30-29-14-13-27-19-28(16-17-51(27,3)40(29)35(59)21-52(30,39)4)68-47-43(62)41(60)45(37(22-58)69-47)71-48-44(63)42(61)46(72-50(65)57-34-12-8-6-10-32(34)55)38(70-48)24-66-49(64)56-33-11-7-5-9-31(33)54/h5-12,25-30,36-48,58,60-63H,13-24H2,1-4H3,(H,56,64)(H,57,65)/t25-,26?,27+,28+,29+,30+,36?,37-,38-,39?,40-,41-,42-,43-,44-,45-,46-,47-,48+,51+,52+,53-/m1/s1. The third-order valence-electron chi connectivity index (χ3n) is 18.5. The van der Waals surface area contributed by atoms with Gasteiger partial charge in [-0.2, -0.15) is 0 Å². The van der Waals surface area contributed by atoms with E-state index < -0.39 is 98.7 Å². The molecule has 0 aromatic heterocycles. The smallest absolute Gasteiger partial charge is 0.412 e. The van der Waals surface area contributed by atoms with Crippen molar-refractivity contribution >= 4 is 52.5 Å². The summed E-state index contributed by atoms with van der Waals surface area (Å²) in [5, 5.41) is 62.0. The van der Waals surface area contributed by atoms with Crippen LogP contribution in [0.2, 0.25) is 10.0 Å². The van der Waals surface area contributed by atoms with Crippen LogP contribution in [-0.2, 0) is 42.7 Å². The number of halogens is 2. The van der Waals surface area contributed by atoms with E-state index in [1.165, 1.54) is 18.2 Å². The van der Waals surface area contributed by atoms with E-state index in [4.69, 9.17) is 61.1 Å². The summed E-state index contributed by atoms with van der Waals surface area (Å²) < 4.78 is 48.9. The zero-order valence-electron chi connectivity index (χ0n) is 41.6. The predicted molar refractivity (Wildman–Crippen MR) is 262 cm³/mol. The summed E-state index contributed by atoms with van der Waals surface area (Å²) in [7, 11) is 0. The highest BCUT2D eigenvalue weighted by Gasteiger charge is 2.71. The summed E-state index contributed by atoms with van der Waals surface area (Å²) in [6, 6.07) is 12.7. The van der Waals surface area contributed by atoms with Gasteiger partial charge in [0.1, 0.15) is 55.1 Å². The number of benzene rings is 2. The van der Waals surface area contributed by atoms with E-state index in [0.717, 1.165) is 38.5 Å². The molecule has 3 unspecified atom stereocenters. The molecule has 4 aliphatic carbocycles. The normalized spacial score (nSPS) is 45.1. The number of amides is 2. The van der Waals surface area contributed by atoms with Gasteiger partial charge in [-0.3, -0.25) is 15.4 Å². The Labute approximate surface area is 434 Å². The van der Waals surface area contributed by atoms with Crippen molar-refractivity contribution in [1.29, 1.82) is 0 Å². The maximum absolute atomic E-state index is 14.7. The zero-order valence-corrected chi connectivity index (χ0v) is 43.1. The highest BCUT2D eigenvalue weighted by molar-refractivity contribution is 6.34. The maximum atomic E-state index is 14.7. The molecule has 2 amide bonds. The molecule has 18 nitrogen and oxygen atoms in total. The van der Waals surface area contributed by atoms with Crippen molar-refractivity contribution in [2.45, 2.75) is 165 Å². The Morgan fingerprint density at radius 2 is 1.41 bits per heavy atom. The zero-order chi connectivity index (χ0) is 51.7. The molecule has 402 valence electrons. The summed E-state index contributed by atoms with van der Waals surface area (Å²) >= 11 is 12.4. The lowest BCUT2D eigenvalue weighted by atomic mass is 9.44. The van der Waals surface area contributed by atoms with Crippen molar-refractivity contribution in [3.63, 3.8) is 0 Å². The quantitative estimate of drug-likeness (QED) is 0.127. The molecule has 2 aromatic rings. The first-order valence-electron chi connectivity index (χ1n) is 26.0. The molecule has 7 N–H and O–H groups in total. The fraction of sp³-hybridized carbons (Fsp3) is 0.717. The van der Waals surface area contributed by atoms with Gasteiger partial charge in [0, 0.05) is 24.7 Å². The second-order valence-corrected chi connectivity index (χ2v) is 23.5. The van der Waals surface area contributed by atoms with E-state index >= 15 is 0 Å². The molecule has 0 radical (unpaired) electrons. The Morgan fingerprint density at radius 1 is 0.767 bits per heavy atom. The second kappa shape index (κ2) is 21.0. The molecular weight excluding hydrogens is 991 g/mol. The molecule has 0 bridgehead atoms. The van der Waals surface area contributed by atoms with Crippen LogP contribution in [0.1, 0.15) is 85.5 Å². The first kappa shape index (κ1) is 53.2. The van der Waals surface area contributed by atoms with Gasteiger partial charge in [-0.05, 0) is 110 Å². The highest BCUT2D eigenvalue weighted by atomic mass is 35.5. The van der Waals surface area contributed by atoms with E-state index in [1.54, 1.807) is 30.3 Å². The first-order chi connectivity index (χ1) is 34.8. The second-order valence-electron chi connectivity index (χ2n) is 22.7. The van der Waals surface area contributed by atoms with Gasteiger partial charge in [0.05, 0.1) is 46.8 Å². The molecule has 4 saturated carbocycles. The fourth-order valence-corrected chi connectivity index (χ4v) is 15.2. The van der Waals surface area contributed by atoms with Gasteiger partial charge in [-0.1, -0.05) is 75.2 Å². The van der Waals surface area contributed by atoms with Crippen molar-refractivity contribution in [3.05, 3.63) is 58.6 Å². The van der Waals surface area contributed by atoms with Crippen LogP contribution in [0.5, 0.6) is 0 Å². The SMILES string of the molecule is CC1C2C(C[C@H]3[C@@H]4CC[C@H]5C[C@@H](O[C@@H]6O[C@H](CO)[C@@H](O[C@@H]7O[C@H](COC(=O)Nc8ccccc8Cl)[C@@H](OC(=O)Nc8ccccc8Cl)[C@H](O)[C@H]7O)[C@H](O)[C@H]6O)CC[C@]5(C)[C@H]4C(=O)C[C@]23C)O[C@]12CC[C@@H](C)CO2. The van der Waals surface area contributed by atoms with E-state index in [2.05, 4.69) is 38.3 Å². The minimum absolute atomic E-state index is 0.0740. The molecule has 8 fully saturated rings. The van der Waals surface area contributed by atoms with Crippen molar-refractivity contribution in [3.8, 4) is 0 Å². The van der Waals surface area contributed by atoms with Crippen LogP contribution >= 0.6 is 23.2 Å². The number of hydrogen-bond donors (Lipinski definition) is 7. The molecule has 4 aliphatic heterocycles. The molecule has 2 aromatic carbocycles. The molecule has 73 heavy (non-hydrogen) atoms. The number of hydrogen-bond acceptors (Lipinski definition) is 16. The van der Waals surface area contributed by atoms with Crippen molar-refractivity contribution in [2.24, 2.45) is 52.3 Å². The lowest BCUT2D eigenvalue weighted by molar-refractivity contribution is -0.363. The Kier molecular flexibility index (Phi) is 15.3. The number of aliphatic hydroxyl groups is 5. The fourth-order valence-electron chi connectivity index (χ4n) is 14.8. The molecule has 4 heterocycles. The number of ether oxygens (including phenoxy) is 8. The minimum Gasteiger partial charge on any atom is -0.446 e. The van der Waals surface area contributed by atoms with Gasteiger partial charge >= 0.3 is 12.2 Å². The Hall–Kier alpha value is -3.21. The lowest BCUT2D eigenvalue weighted by Crippen LogP contribution is -2.65. The molecule has 8 aliphatic rings. The minimum atomic E-state index is -1.96. The number of ketones is 1. The van der Waals surface area contributed by atoms with Gasteiger partial charge in [-0.25, -0.2) is 9.59 Å². The number of anilines is 2. The van der Waals surface area contributed by atoms with E-state index in [1.807, 2.05) is 0 Å². The number of Topliss-reactive ketones (excluding diaryl/α,β-unsaturated/α-hetero) is 1. The number of rotatable bonds is 10. The molecule has 1 spiro atoms. The van der Waals surface area contributed by atoms with Crippen LogP contribution in [0.25, 0.3) is 0 Å². The van der Waals surface area contributed by atoms with Crippen LogP contribution in [0.3, 0.4) is 0 Å². The number of nitrogens with one attached hydrogen (secondary N) is 2. The Bertz CT molecular complexity index is 2340. The predicted octanol–water partition coefficient (Wildman–Crippen LogP) is 6.44. The Balaban J connectivity index is 0.775. The van der Waals surface area contributed by atoms with Crippen LogP contribution < -0.4 is 10.6 Å². The number of aliphatic hydroxyl groups excluding tert-OH is 5. The molecule has 22 atom stereocenters. The number of carbonyl (C=O) groups is 3. The largest absolute Gasteiger partial charge is 0.446 e. The van der Waals surface area contributed by atoms with Gasteiger partial charge in [0.2, 0.25) is 0 Å². The van der Waals surface area contributed by atoms with E-state index in [-0.39, 0.29) is 67.9 Å². The summed E-state index contributed by atoms with van der Waals surface area (Å²) in [5.41, 5.74) is 0.0212. The molecule has 10 rings (SSSR count). The molecule has 20 heteroatoms. The van der Waals surface area contributed by atoms with Crippen LogP contribution in [0.15, 0.2) is 48.5 Å². The van der Waals surface area contributed by atoms with E-state index in [9.17, 15) is 39.9 Å². The van der Waals surface area contributed by atoms with E-state index in [0.29, 0.717) is 43.5 Å². The summed E-state index contributed by atoms with van der Waals surface area (Å²) in [5.74, 6) is 1.54. The van der Waals surface area contributed by atoms with Gasteiger partial charge in [0.25, 0.3) is 0 Å². The van der Waals surface area contributed by atoms with Crippen molar-refractivity contribution < 1.29 is 77.8 Å². The number of fused-ring (bicyclic) bond motifs is 7. The lowest BCUT2D eigenvalue weighted by Gasteiger charge is -2.60. The summed E-state index contributed by atoms with van der Waals surface area (Å²) in [6.45, 7) is 8.45. The summed E-state index contributed by atoms with van der Waals surface area (Å²) in [4.78, 5) is 40.7. The topological polar surface area (TPSA) is 250 Å². The van der Waals surface area contributed by atoms with Gasteiger partial charge in [-0.15, -0.1) is 0 Å². The average molecular weight is 1060 g/mol. The highest BCUT2D eigenvalue weighted by Crippen LogP contribution is 2.70. The van der Waals surface area contributed by atoms with Crippen LogP contribution in [0, 0.1) is 52.3 Å². The molecule has 4 saturated heterocycles. The van der Waals surface area contributed by atoms with Crippen LogP contribution in [0.4, 0.5) is 21.0 Å². The van der Waals surface area contributed by atoms with Gasteiger partial charge in [0.15, 0.2) is 24.5 Å². The monoisotopic (exact) mass is 1060 g/mol. The third-order valence-corrected chi connectivity index (χ3v) is 19.1. The average Bonchev–Trinajstić information content (AvgIpc) is 3.80. The number of carbonyl (C=O) groups excluding carboxylic acids is 3. The maximum Gasteiger partial charge on any atom is 0.412 e. The summed E-state index contributed by atoms with van der Waals surface area (Å²) in [6.07, 6.45) is -11.8. The Morgan fingerprint density at radius 3 is 2.07 bits per heavy atom. The van der Waals surface area contributed by atoms with Crippen molar-refractivity contribution in [2.75, 3.05) is 30.5 Å². The van der Waals surface area contributed by atoms with Crippen LogP contribution in [-0.4, -0.2) is 143 Å². The molecular formula is C53H70Cl2N2O16.